The fraction of sp³-hybridized carbons (Fsp3) is 0.273. The number of fused-ring (bicyclic) bond motifs is 1. The smallest absolute Gasteiger partial charge is 0.220 e. The summed E-state index contributed by atoms with van der Waals surface area (Å²) in [5.41, 5.74) is 3.29. The highest BCUT2D eigenvalue weighted by molar-refractivity contribution is 6.36. The van der Waals surface area contributed by atoms with E-state index in [1.54, 1.807) is 24.4 Å². The molecule has 3 aromatic rings. The number of benzene rings is 2. The van der Waals surface area contributed by atoms with Crippen LogP contribution in [0.5, 0.6) is 0 Å². The number of nitrogens with one attached hydrogen (secondary N) is 1. The Balaban J connectivity index is 1.37. The summed E-state index contributed by atoms with van der Waals surface area (Å²) in [6.45, 7) is 0. The van der Waals surface area contributed by atoms with Crippen LogP contribution >= 0.6 is 23.2 Å². The molecule has 1 aliphatic rings. The number of rotatable bonds is 5. The zero-order chi connectivity index (χ0) is 19.5. The first kappa shape index (κ1) is 19.0. The van der Waals surface area contributed by atoms with E-state index in [1.807, 2.05) is 6.07 Å². The number of halogens is 2. The van der Waals surface area contributed by atoms with Gasteiger partial charge in [0.15, 0.2) is 11.7 Å². The van der Waals surface area contributed by atoms with E-state index >= 15 is 0 Å². The van der Waals surface area contributed by atoms with Crippen molar-refractivity contribution in [2.75, 3.05) is 0 Å². The van der Waals surface area contributed by atoms with Crippen LogP contribution in [0, 0.1) is 0 Å². The van der Waals surface area contributed by atoms with Crippen molar-refractivity contribution < 1.29 is 9.21 Å². The molecule has 144 valence electrons. The van der Waals surface area contributed by atoms with Crippen LogP contribution in [-0.2, 0) is 17.6 Å². The Morgan fingerprint density at radius 1 is 1.21 bits per heavy atom. The van der Waals surface area contributed by atoms with Gasteiger partial charge in [0, 0.05) is 23.4 Å². The summed E-state index contributed by atoms with van der Waals surface area (Å²) in [5, 5.41) is 4.22. The van der Waals surface area contributed by atoms with Crippen LogP contribution in [0.25, 0.3) is 11.3 Å². The molecule has 4 nitrogen and oxygen atoms in total. The van der Waals surface area contributed by atoms with Gasteiger partial charge < -0.3 is 9.73 Å². The molecule has 6 heteroatoms. The van der Waals surface area contributed by atoms with Crippen LogP contribution in [-0.4, -0.2) is 10.9 Å². The Kier molecular flexibility index (Phi) is 5.69. The maximum Gasteiger partial charge on any atom is 0.220 e. The molecule has 1 aliphatic carbocycles. The number of aryl methyl sites for hydroxylation is 2. The molecule has 1 aromatic heterocycles. The normalized spacial score (nSPS) is 15.9. The van der Waals surface area contributed by atoms with Crippen molar-refractivity contribution >= 4 is 29.1 Å². The molecule has 0 bridgehead atoms. The van der Waals surface area contributed by atoms with Crippen LogP contribution < -0.4 is 5.32 Å². The van der Waals surface area contributed by atoms with E-state index in [4.69, 9.17) is 27.6 Å². The summed E-state index contributed by atoms with van der Waals surface area (Å²) in [4.78, 5) is 16.7. The first-order valence-corrected chi connectivity index (χ1v) is 10.1. The molecule has 1 N–H and O–H groups in total. The van der Waals surface area contributed by atoms with Gasteiger partial charge in [-0.05, 0) is 48.6 Å². The third kappa shape index (κ3) is 4.23. The average molecular weight is 415 g/mol. The van der Waals surface area contributed by atoms with Gasteiger partial charge in [0.1, 0.15) is 0 Å². The van der Waals surface area contributed by atoms with E-state index in [0.29, 0.717) is 34.5 Å². The number of hydrogen-bond donors (Lipinski definition) is 1. The van der Waals surface area contributed by atoms with Gasteiger partial charge in [-0.15, -0.1) is 0 Å². The lowest BCUT2D eigenvalue weighted by Gasteiger charge is -2.26. The molecule has 0 aliphatic heterocycles. The van der Waals surface area contributed by atoms with Crippen molar-refractivity contribution in [3.05, 3.63) is 75.7 Å². The molecular weight excluding hydrogens is 395 g/mol. The molecule has 0 saturated carbocycles. The fourth-order valence-electron chi connectivity index (χ4n) is 3.63. The zero-order valence-electron chi connectivity index (χ0n) is 15.3. The molecule has 0 fully saturated rings. The minimum Gasteiger partial charge on any atom is -0.441 e. The number of carbonyl (C=O) groups excluding carboxylic acids is 1. The largest absolute Gasteiger partial charge is 0.441 e. The van der Waals surface area contributed by atoms with Crippen LogP contribution in [0.4, 0.5) is 0 Å². The quantitative estimate of drug-likeness (QED) is 0.575. The summed E-state index contributed by atoms with van der Waals surface area (Å²) in [7, 11) is 0. The molecule has 1 amide bonds. The maximum absolute atomic E-state index is 12.4. The zero-order valence-corrected chi connectivity index (χ0v) is 16.8. The van der Waals surface area contributed by atoms with E-state index in [0.717, 1.165) is 24.8 Å². The van der Waals surface area contributed by atoms with Gasteiger partial charge in [-0.1, -0.05) is 47.5 Å². The summed E-state index contributed by atoms with van der Waals surface area (Å²) in [5.74, 6) is 1.09. The van der Waals surface area contributed by atoms with Crippen molar-refractivity contribution in [3.63, 3.8) is 0 Å². The first-order valence-electron chi connectivity index (χ1n) is 9.37. The lowest BCUT2D eigenvalue weighted by atomic mass is 9.87. The fourth-order valence-corrected chi connectivity index (χ4v) is 4.13. The second kappa shape index (κ2) is 8.38. The van der Waals surface area contributed by atoms with Crippen molar-refractivity contribution in [2.45, 2.75) is 38.1 Å². The number of amides is 1. The predicted molar refractivity (Wildman–Crippen MR) is 111 cm³/mol. The number of hydrogen-bond acceptors (Lipinski definition) is 3. The molecule has 2 aromatic carbocycles. The number of aromatic nitrogens is 1. The second-order valence-electron chi connectivity index (χ2n) is 6.95. The minimum atomic E-state index is 0.00554. The molecule has 0 radical (unpaired) electrons. The third-order valence-corrected chi connectivity index (χ3v) is 5.57. The van der Waals surface area contributed by atoms with Crippen molar-refractivity contribution in [1.82, 2.24) is 10.3 Å². The number of oxazole rings is 1. The van der Waals surface area contributed by atoms with E-state index in [9.17, 15) is 4.79 Å². The summed E-state index contributed by atoms with van der Waals surface area (Å²) < 4.78 is 5.77. The van der Waals surface area contributed by atoms with Crippen molar-refractivity contribution in [3.8, 4) is 11.3 Å². The molecule has 0 saturated heterocycles. The van der Waals surface area contributed by atoms with Gasteiger partial charge >= 0.3 is 0 Å². The Hall–Kier alpha value is -2.30. The standard InChI is InChI=1S/C22H20Cl2N2O2/c23-15-8-9-17(18(24)12-15)20-13-25-22(28-20)11-10-21(27)26-19-7-3-5-14-4-1-2-6-16(14)19/h1-2,4,6,8-9,12-13,19H,3,5,7,10-11H2,(H,26,27). The predicted octanol–water partition coefficient (Wildman–Crippen LogP) is 5.77. The van der Waals surface area contributed by atoms with E-state index in [1.165, 1.54) is 11.1 Å². The summed E-state index contributed by atoms with van der Waals surface area (Å²) >= 11 is 12.1. The van der Waals surface area contributed by atoms with E-state index < -0.39 is 0 Å². The molecular formula is C22H20Cl2N2O2. The monoisotopic (exact) mass is 414 g/mol. The molecule has 4 rings (SSSR count). The molecule has 1 heterocycles. The molecule has 1 atom stereocenters. The third-order valence-electron chi connectivity index (χ3n) is 5.02. The SMILES string of the molecule is O=C(CCc1ncc(-c2ccc(Cl)cc2Cl)o1)NC1CCCc2ccccc21. The van der Waals surface area contributed by atoms with Crippen molar-refractivity contribution in [2.24, 2.45) is 0 Å². The highest BCUT2D eigenvalue weighted by Crippen LogP contribution is 2.31. The summed E-state index contributed by atoms with van der Waals surface area (Å²) in [6, 6.07) is 13.6. The van der Waals surface area contributed by atoms with Crippen LogP contribution in [0.1, 0.15) is 42.3 Å². The minimum absolute atomic E-state index is 0.00554. The van der Waals surface area contributed by atoms with Gasteiger partial charge in [-0.3, -0.25) is 4.79 Å². The average Bonchev–Trinajstić information content (AvgIpc) is 3.15. The lowest BCUT2D eigenvalue weighted by molar-refractivity contribution is -0.122. The lowest BCUT2D eigenvalue weighted by Crippen LogP contribution is -2.31. The van der Waals surface area contributed by atoms with Gasteiger partial charge in [0.25, 0.3) is 0 Å². The van der Waals surface area contributed by atoms with Gasteiger partial charge in [-0.25, -0.2) is 4.98 Å². The molecule has 0 spiro atoms. The van der Waals surface area contributed by atoms with E-state index in [2.05, 4.69) is 28.5 Å². The highest BCUT2D eigenvalue weighted by atomic mass is 35.5. The summed E-state index contributed by atoms with van der Waals surface area (Å²) in [6.07, 6.45) is 5.53. The number of carbonyl (C=O) groups is 1. The Labute approximate surface area is 173 Å². The van der Waals surface area contributed by atoms with Gasteiger partial charge in [0.2, 0.25) is 5.91 Å². The second-order valence-corrected chi connectivity index (χ2v) is 7.80. The highest BCUT2D eigenvalue weighted by Gasteiger charge is 2.21. The Bertz CT molecular complexity index is 1000. The topological polar surface area (TPSA) is 55.1 Å². The van der Waals surface area contributed by atoms with Crippen LogP contribution in [0.3, 0.4) is 0 Å². The Morgan fingerprint density at radius 2 is 2.07 bits per heavy atom. The number of nitrogens with zero attached hydrogens (tertiary/aromatic N) is 1. The maximum atomic E-state index is 12.4. The van der Waals surface area contributed by atoms with Crippen LogP contribution in [0.2, 0.25) is 10.0 Å². The molecule has 1 unspecified atom stereocenters. The van der Waals surface area contributed by atoms with Crippen molar-refractivity contribution in [1.29, 1.82) is 0 Å². The van der Waals surface area contributed by atoms with Crippen LogP contribution in [0.15, 0.2) is 53.1 Å². The molecule has 28 heavy (non-hydrogen) atoms. The van der Waals surface area contributed by atoms with Gasteiger partial charge in [-0.2, -0.15) is 0 Å². The Morgan fingerprint density at radius 3 is 2.93 bits per heavy atom. The first-order chi connectivity index (χ1) is 13.6. The van der Waals surface area contributed by atoms with E-state index in [-0.39, 0.29) is 11.9 Å². The van der Waals surface area contributed by atoms with Gasteiger partial charge in [0.05, 0.1) is 17.3 Å².